The first kappa shape index (κ1) is 15.6. The van der Waals surface area contributed by atoms with Crippen molar-refractivity contribution in [1.29, 1.82) is 0 Å². The normalized spacial score (nSPS) is 14.1. The lowest BCUT2D eigenvalue weighted by Crippen LogP contribution is -1.98. The Morgan fingerprint density at radius 1 is 1.00 bits per heavy atom. The van der Waals surface area contributed by atoms with E-state index in [0.29, 0.717) is 6.79 Å². The molecule has 0 amide bonds. The van der Waals surface area contributed by atoms with Crippen molar-refractivity contribution in [1.82, 2.24) is 0 Å². The van der Waals surface area contributed by atoms with E-state index in [-0.39, 0.29) is 4.90 Å². The zero-order chi connectivity index (χ0) is 16.6. The lowest BCUT2D eigenvalue weighted by Gasteiger charge is -2.17. The summed E-state index contributed by atoms with van der Waals surface area (Å²) in [5.74, 6) is 1.79. The number of fused-ring (bicyclic) bond motifs is 3. The lowest BCUT2D eigenvalue weighted by atomic mass is 9.89. The standard InChI is InChI=1S/C10H8O2.C7H8O3S/c1-6-4-8-7(6)2-3-9-10(8)12-5-11-9;1-6-2-4-7(5-3-6)11(8,9)10/h2-4H,5H2,1H3;2-5H,1H3,(H,8,9,10)/p-1. The quantitative estimate of drug-likeness (QED) is 0.750. The van der Waals surface area contributed by atoms with Crippen LogP contribution in [0.1, 0.15) is 23.6 Å². The van der Waals surface area contributed by atoms with E-state index in [1.54, 1.807) is 12.1 Å². The molecular formula is C17H15O5S-. The molecule has 0 fully saturated rings. The summed E-state index contributed by atoms with van der Waals surface area (Å²) in [4.78, 5) is -0.178. The Balaban J connectivity index is 0.000000137. The van der Waals surface area contributed by atoms with Crippen molar-refractivity contribution in [2.75, 3.05) is 6.79 Å². The van der Waals surface area contributed by atoms with Gasteiger partial charge in [-0.2, -0.15) is 0 Å². The van der Waals surface area contributed by atoms with Crippen LogP contribution in [-0.2, 0) is 10.1 Å². The summed E-state index contributed by atoms with van der Waals surface area (Å²) < 4.78 is 41.8. The van der Waals surface area contributed by atoms with E-state index in [9.17, 15) is 13.0 Å². The number of benzene rings is 2. The number of hydrogen-bond acceptors (Lipinski definition) is 5. The summed E-state index contributed by atoms with van der Waals surface area (Å²) in [7, 11) is -4.27. The minimum atomic E-state index is -4.27. The highest BCUT2D eigenvalue weighted by atomic mass is 32.2. The second-order valence-corrected chi connectivity index (χ2v) is 6.73. The van der Waals surface area contributed by atoms with Crippen LogP contribution in [0.5, 0.6) is 11.5 Å². The van der Waals surface area contributed by atoms with Crippen LogP contribution in [0.4, 0.5) is 0 Å². The van der Waals surface area contributed by atoms with Crippen LogP contribution < -0.4 is 9.47 Å². The maximum absolute atomic E-state index is 10.4. The minimum absolute atomic E-state index is 0.178. The van der Waals surface area contributed by atoms with Crippen LogP contribution in [0, 0.1) is 6.92 Å². The van der Waals surface area contributed by atoms with E-state index in [4.69, 9.17) is 9.47 Å². The summed E-state index contributed by atoms with van der Waals surface area (Å²) in [6.45, 7) is 4.28. The van der Waals surface area contributed by atoms with Crippen LogP contribution in [-0.4, -0.2) is 19.8 Å². The topological polar surface area (TPSA) is 75.7 Å². The fourth-order valence-corrected chi connectivity index (χ4v) is 2.87. The van der Waals surface area contributed by atoms with Crippen molar-refractivity contribution in [3.05, 3.63) is 53.1 Å². The van der Waals surface area contributed by atoms with E-state index in [1.165, 1.54) is 28.8 Å². The first-order valence-corrected chi connectivity index (χ1v) is 8.41. The van der Waals surface area contributed by atoms with Crippen molar-refractivity contribution < 1.29 is 22.4 Å². The smallest absolute Gasteiger partial charge is 0.231 e. The van der Waals surface area contributed by atoms with Crippen LogP contribution in [0.25, 0.3) is 11.6 Å². The third-order valence-corrected chi connectivity index (χ3v) is 4.52. The van der Waals surface area contributed by atoms with Crippen LogP contribution in [0.15, 0.2) is 41.3 Å². The molecule has 1 aliphatic carbocycles. The summed E-state index contributed by atoms with van der Waals surface area (Å²) in [6, 6.07) is 9.83. The Morgan fingerprint density at radius 2 is 1.70 bits per heavy atom. The van der Waals surface area contributed by atoms with Gasteiger partial charge in [-0.15, -0.1) is 0 Å². The van der Waals surface area contributed by atoms with Gasteiger partial charge in [-0.05, 0) is 49.3 Å². The molecule has 0 radical (unpaired) electrons. The maximum Gasteiger partial charge on any atom is 0.231 e. The fourth-order valence-electron chi connectivity index (χ4n) is 2.40. The maximum atomic E-state index is 10.4. The SMILES string of the molecule is CC1=Cc2c1ccc1c2OCO1.Cc1ccc(S(=O)(=O)[O-])cc1. The van der Waals surface area contributed by atoms with Crippen molar-refractivity contribution in [2.45, 2.75) is 18.7 Å². The Bertz CT molecular complexity index is 880. The summed E-state index contributed by atoms with van der Waals surface area (Å²) in [6.07, 6.45) is 2.13. The predicted octanol–water partition coefficient (Wildman–Crippen LogP) is 3.19. The molecule has 0 N–H and O–H groups in total. The molecule has 0 bridgehead atoms. The summed E-state index contributed by atoms with van der Waals surface area (Å²) in [5, 5.41) is 0. The zero-order valence-electron chi connectivity index (χ0n) is 12.7. The predicted molar refractivity (Wildman–Crippen MR) is 85.3 cm³/mol. The van der Waals surface area contributed by atoms with Gasteiger partial charge in [0.2, 0.25) is 6.79 Å². The largest absolute Gasteiger partial charge is 0.744 e. The van der Waals surface area contributed by atoms with Gasteiger partial charge < -0.3 is 14.0 Å². The average Bonchev–Trinajstić information content (AvgIpc) is 2.94. The van der Waals surface area contributed by atoms with Gasteiger partial charge in [-0.25, -0.2) is 8.42 Å². The number of ether oxygens (including phenoxy) is 2. The molecule has 4 rings (SSSR count). The van der Waals surface area contributed by atoms with E-state index >= 15 is 0 Å². The number of aryl methyl sites for hydroxylation is 1. The second-order valence-electron chi connectivity index (χ2n) is 5.36. The van der Waals surface area contributed by atoms with Gasteiger partial charge in [0.1, 0.15) is 10.1 Å². The van der Waals surface area contributed by atoms with E-state index < -0.39 is 10.1 Å². The third-order valence-electron chi connectivity index (χ3n) is 3.67. The van der Waals surface area contributed by atoms with E-state index in [2.05, 4.69) is 19.1 Å². The van der Waals surface area contributed by atoms with E-state index in [0.717, 1.165) is 17.1 Å². The molecule has 2 aromatic rings. The molecule has 1 aliphatic heterocycles. The average molecular weight is 331 g/mol. The Hall–Kier alpha value is -2.31. The first-order chi connectivity index (χ1) is 10.9. The van der Waals surface area contributed by atoms with Gasteiger partial charge in [-0.3, -0.25) is 0 Å². The van der Waals surface area contributed by atoms with Gasteiger partial charge in [0.05, 0.1) is 4.90 Å². The summed E-state index contributed by atoms with van der Waals surface area (Å²) in [5.41, 5.74) is 4.74. The molecule has 0 saturated heterocycles. The number of allylic oxidation sites excluding steroid dienone is 1. The number of hydrogen-bond donors (Lipinski definition) is 0. The molecular weight excluding hydrogens is 316 g/mol. The molecule has 5 nitrogen and oxygen atoms in total. The molecule has 0 saturated carbocycles. The first-order valence-electron chi connectivity index (χ1n) is 7.00. The molecule has 0 unspecified atom stereocenters. The highest BCUT2D eigenvalue weighted by Crippen LogP contribution is 2.45. The zero-order valence-corrected chi connectivity index (χ0v) is 13.5. The highest BCUT2D eigenvalue weighted by molar-refractivity contribution is 7.85. The third kappa shape index (κ3) is 3.09. The van der Waals surface area contributed by atoms with Gasteiger partial charge in [0.25, 0.3) is 0 Å². The Kier molecular flexibility index (Phi) is 3.87. The molecule has 2 aliphatic rings. The van der Waals surface area contributed by atoms with Crippen LogP contribution in [0.3, 0.4) is 0 Å². The van der Waals surface area contributed by atoms with Gasteiger partial charge in [-0.1, -0.05) is 23.8 Å². The highest BCUT2D eigenvalue weighted by Gasteiger charge is 2.24. The van der Waals surface area contributed by atoms with Crippen LogP contribution >= 0.6 is 0 Å². The molecule has 23 heavy (non-hydrogen) atoms. The Morgan fingerprint density at radius 3 is 2.30 bits per heavy atom. The number of rotatable bonds is 1. The summed E-state index contributed by atoms with van der Waals surface area (Å²) >= 11 is 0. The molecule has 6 heteroatoms. The van der Waals surface area contributed by atoms with Gasteiger partial charge in [0, 0.05) is 5.56 Å². The molecule has 0 atom stereocenters. The molecule has 2 aromatic carbocycles. The Labute approximate surface area is 134 Å². The fraction of sp³-hybridized carbons (Fsp3) is 0.176. The molecule has 120 valence electrons. The molecule has 1 heterocycles. The molecule has 0 aromatic heterocycles. The van der Waals surface area contributed by atoms with Crippen molar-refractivity contribution in [3.8, 4) is 11.5 Å². The van der Waals surface area contributed by atoms with Gasteiger partial charge in [0.15, 0.2) is 11.5 Å². The monoisotopic (exact) mass is 331 g/mol. The van der Waals surface area contributed by atoms with Crippen molar-refractivity contribution in [3.63, 3.8) is 0 Å². The second kappa shape index (κ2) is 5.72. The van der Waals surface area contributed by atoms with E-state index in [1.807, 2.05) is 13.0 Å². The van der Waals surface area contributed by atoms with Crippen molar-refractivity contribution >= 4 is 21.8 Å². The lowest BCUT2D eigenvalue weighted by molar-refractivity contribution is 0.173. The minimum Gasteiger partial charge on any atom is -0.744 e. The van der Waals surface area contributed by atoms with Crippen LogP contribution in [0.2, 0.25) is 0 Å². The van der Waals surface area contributed by atoms with Gasteiger partial charge >= 0.3 is 0 Å². The molecule has 0 spiro atoms. The van der Waals surface area contributed by atoms with Crippen molar-refractivity contribution in [2.24, 2.45) is 0 Å².